The van der Waals surface area contributed by atoms with Crippen LogP contribution in [0.15, 0.2) is 24.3 Å². The number of nitrogens with zero attached hydrogens (tertiary/aromatic N) is 3. The summed E-state index contributed by atoms with van der Waals surface area (Å²) in [6.45, 7) is 5.96. The molecule has 2 aromatic rings. The molecular formula is C17H22N4O2S. The molecule has 0 spiro atoms. The second kappa shape index (κ2) is 7.61. The number of carbonyl (C=O) groups is 1. The number of para-hydroxylation sites is 1. The maximum atomic E-state index is 12.4. The van der Waals surface area contributed by atoms with Crippen LogP contribution in [0.2, 0.25) is 0 Å². The van der Waals surface area contributed by atoms with Crippen molar-refractivity contribution in [2.45, 2.75) is 26.7 Å². The van der Waals surface area contributed by atoms with Crippen LogP contribution >= 0.6 is 11.5 Å². The van der Waals surface area contributed by atoms with Gasteiger partial charge in [0.1, 0.15) is 11.6 Å². The summed E-state index contributed by atoms with van der Waals surface area (Å²) in [4.78, 5) is 18.4. The highest BCUT2D eigenvalue weighted by molar-refractivity contribution is 7.09. The van der Waals surface area contributed by atoms with Gasteiger partial charge in [-0.15, -0.1) is 0 Å². The Bertz CT molecular complexity index is 703. The van der Waals surface area contributed by atoms with E-state index < -0.39 is 0 Å². The van der Waals surface area contributed by atoms with Gasteiger partial charge in [0.2, 0.25) is 5.13 Å². The Morgan fingerprint density at radius 2 is 2.25 bits per heavy atom. The van der Waals surface area contributed by atoms with E-state index in [1.54, 1.807) is 0 Å². The lowest BCUT2D eigenvalue weighted by Gasteiger charge is -2.32. The number of amides is 2. The largest absolute Gasteiger partial charge is 0.493 e. The van der Waals surface area contributed by atoms with E-state index in [-0.39, 0.29) is 6.03 Å². The van der Waals surface area contributed by atoms with E-state index in [0.717, 1.165) is 30.7 Å². The number of hydrogen-bond acceptors (Lipinski definition) is 5. The first kappa shape index (κ1) is 16.7. The lowest BCUT2D eigenvalue weighted by atomic mass is 9.99. The standard InChI is InChI=1S/C17H22N4O2S/c1-12-6-3-4-8-15(12)23-11-14-7-5-9-21(10-14)17(22)19-16-18-13(2)20-24-16/h3-4,6,8,14H,5,7,9-11H2,1-2H3,(H,18,19,20,22). The summed E-state index contributed by atoms with van der Waals surface area (Å²) in [7, 11) is 0. The first-order chi connectivity index (χ1) is 11.6. The highest BCUT2D eigenvalue weighted by Crippen LogP contribution is 2.22. The van der Waals surface area contributed by atoms with Gasteiger partial charge in [-0.3, -0.25) is 5.32 Å². The zero-order valence-electron chi connectivity index (χ0n) is 14.0. The van der Waals surface area contributed by atoms with Gasteiger partial charge in [-0.05, 0) is 38.3 Å². The molecule has 1 fully saturated rings. The van der Waals surface area contributed by atoms with E-state index in [1.807, 2.05) is 43.0 Å². The van der Waals surface area contributed by atoms with Crippen LogP contribution in [0.25, 0.3) is 0 Å². The zero-order valence-corrected chi connectivity index (χ0v) is 14.8. The van der Waals surface area contributed by atoms with E-state index in [1.165, 1.54) is 11.5 Å². The van der Waals surface area contributed by atoms with Gasteiger partial charge in [-0.2, -0.15) is 4.37 Å². The van der Waals surface area contributed by atoms with Crippen molar-refractivity contribution in [3.63, 3.8) is 0 Å². The van der Waals surface area contributed by atoms with Crippen molar-refractivity contribution in [2.75, 3.05) is 25.0 Å². The fraction of sp³-hybridized carbons (Fsp3) is 0.471. The Kier molecular flexibility index (Phi) is 5.30. The lowest BCUT2D eigenvalue weighted by molar-refractivity contribution is 0.144. The second-order valence-electron chi connectivity index (χ2n) is 6.11. The smallest absolute Gasteiger partial charge is 0.323 e. The highest BCUT2D eigenvalue weighted by atomic mass is 32.1. The molecule has 1 aromatic heterocycles. The summed E-state index contributed by atoms with van der Waals surface area (Å²) in [5.74, 6) is 1.95. The monoisotopic (exact) mass is 346 g/mol. The number of hydrogen-bond donors (Lipinski definition) is 1. The Morgan fingerprint density at radius 1 is 1.42 bits per heavy atom. The summed E-state index contributed by atoms with van der Waals surface area (Å²) in [6, 6.07) is 7.91. The van der Waals surface area contributed by atoms with Gasteiger partial charge in [-0.25, -0.2) is 9.78 Å². The lowest BCUT2D eigenvalue weighted by Crippen LogP contribution is -2.43. The van der Waals surface area contributed by atoms with Gasteiger partial charge in [0.15, 0.2) is 0 Å². The molecule has 1 atom stereocenters. The van der Waals surface area contributed by atoms with Crippen molar-refractivity contribution < 1.29 is 9.53 Å². The fourth-order valence-electron chi connectivity index (χ4n) is 2.83. The maximum absolute atomic E-state index is 12.4. The van der Waals surface area contributed by atoms with Crippen LogP contribution < -0.4 is 10.1 Å². The quantitative estimate of drug-likeness (QED) is 0.920. The topological polar surface area (TPSA) is 67.4 Å². The first-order valence-electron chi connectivity index (χ1n) is 8.16. The molecule has 1 unspecified atom stereocenters. The number of ether oxygens (including phenoxy) is 1. The summed E-state index contributed by atoms with van der Waals surface area (Å²) >= 11 is 1.21. The van der Waals surface area contributed by atoms with Crippen LogP contribution in [-0.2, 0) is 0 Å². The van der Waals surface area contributed by atoms with Gasteiger partial charge in [-0.1, -0.05) is 18.2 Å². The number of piperidine rings is 1. The molecule has 6 nitrogen and oxygen atoms in total. The van der Waals surface area contributed by atoms with Gasteiger partial charge in [0.05, 0.1) is 6.61 Å². The van der Waals surface area contributed by atoms with Gasteiger partial charge in [0, 0.05) is 30.5 Å². The molecular weight excluding hydrogens is 324 g/mol. The van der Waals surface area contributed by atoms with Crippen LogP contribution in [-0.4, -0.2) is 40.0 Å². The van der Waals surface area contributed by atoms with Crippen LogP contribution in [0.5, 0.6) is 5.75 Å². The Labute approximate surface area is 146 Å². The van der Waals surface area contributed by atoms with Crippen molar-refractivity contribution in [3.05, 3.63) is 35.7 Å². The third-order valence-electron chi connectivity index (χ3n) is 4.12. The van der Waals surface area contributed by atoms with Crippen LogP contribution in [0, 0.1) is 19.8 Å². The van der Waals surface area contributed by atoms with Crippen molar-refractivity contribution in [2.24, 2.45) is 5.92 Å². The highest BCUT2D eigenvalue weighted by Gasteiger charge is 2.25. The van der Waals surface area contributed by atoms with Gasteiger partial charge >= 0.3 is 6.03 Å². The van der Waals surface area contributed by atoms with Gasteiger partial charge < -0.3 is 9.64 Å². The summed E-state index contributed by atoms with van der Waals surface area (Å²) in [5.41, 5.74) is 1.13. The fourth-order valence-corrected chi connectivity index (χ4v) is 3.40. The van der Waals surface area contributed by atoms with E-state index in [9.17, 15) is 4.79 Å². The van der Waals surface area contributed by atoms with E-state index in [4.69, 9.17) is 4.74 Å². The molecule has 1 saturated heterocycles. The predicted molar refractivity (Wildman–Crippen MR) is 94.6 cm³/mol. The molecule has 1 N–H and O–H groups in total. The van der Waals surface area contributed by atoms with Crippen molar-refractivity contribution in [3.8, 4) is 5.75 Å². The number of anilines is 1. The average molecular weight is 346 g/mol. The average Bonchev–Trinajstić information content (AvgIpc) is 2.99. The molecule has 128 valence electrons. The minimum Gasteiger partial charge on any atom is -0.493 e. The Balaban J connectivity index is 1.52. The van der Waals surface area contributed by atoms with Crippen LogP contribution in [0.3, 0.4) is 0 Å². The number of aromatic nitrogens is 2. The van der Waals surface area contributed by atoms with Gasteiger partial charge in [0.25, 0.3) is 0 Å². The number of urea groups is 1. The summed E-state index contributed by atoms with van der Waals surface area (Å²) in [6.07, 6.45) is 2.07. The maximum Gasteiger partial charge on any atom is 0.323 e. The molecule has 1 aliphatic rings. The predicted octanol–water partition coefficient (Wildman–Crippen LogP) is 3.48. The van der Waals surface area contributed by atoms with Crippen LogP contribution in [0.4, 0.5) is 9.93 Å². The van der Waals surface area contributed by atoms with E-state index in [2.05, 4.69) is 14.7 Å². The number of rotatable bonds is 4. The number of likely N-dealkylation sites (tertiary alicyclic amines) is 1. The van der Waals surface area contributed by atoms with Crippen LogP contribution in [0.1, 0.15) is 24.2 Å². The second-order valence-corrected chi connectivity index (χ2v) is 6.86. The SMILES string of the molecule is Cc1nsc(NC(=O)N2CCCC(COc3ccccc3C)C2)n1. The molecule has 24 heavy (non-hydrogen) atoms. The molecule has 2 heterocycles. The molecule has 0 saturated carbocycles. The molecule has 2 amide bonds. The number of nitrogens with one attached hydrogen (secondary N) is 1. The normalized spacial score (nSPS) is 17.6. The Morgan fingerprint density at radius 3 is 3.00 bits per heavy atom. The van der Waals surface area contributed by atoms with E-state index in [0.29, 0.717) is 30.0 Å². The molecule has 0 bridgehead atoms. The minimum absolute atomic E-state index is 0.105. The van der Waals surface area contributed by atoms with Crippen molar-refractivity contribution >= 4 is 22.7 Å². The molecule has 1 aliphatic heterocycles. The summed E-state index contributed by atoms with van der Waals surface area (Å²) in [5, 5.41) is 3.38. The minimum atomic E-state index is -0.105. The number of aryl methyl sites for hydroxylation is 2. The van der Waals surface area contributed by atoms with E-state index >= 15 is 0 Å². The number of carbonyl (C=O) groups excluding carboxylic acids is 1. The molecule has 7 heteroatoms. The zero-order chi connectivity index (χ0) is 16.9. The van der Waals surface area contributed by atoms with Crippen molar-refractivity contribution in [1.29, 1.82) is 0 Å². The summed E-state index contributed by atoms with van der Waals surface area (Å²) < 4.78 is 10.0. The van der Waals surface area contributed by atoms with Crippen molar-refractivity contribution in [1.82, 2.24) is 14.3 Å². The molecule has 0 aliphatic carbocycles. The molecule has 3 rings (SSSR count). The molecule has 0 radical (unpaired) electrons. The molecule has 1 aromatic carbocycles. The Hall–Kier alpha value is -2.15. The first-order valence-corrected chi connectivity index (χ1v) is 8.94. The third kappa shape index (κ3) is 4.23. The number of benzene rings is 1. The third-order valence-corrected chi connectivity index (χ3v) is 4.84.